The monoisotopic (exact) mass is 382 g/mol. The molecule has 1 heterocycles. The van der Waals surface area contributed by atoms with Crippen LogP contribution in [-0.2, 0) is 20.9 Å². The van der Waals surface area contributed by atoms with Crippen LogP contribution in [0.5, 0.6) is 0 Å². The van der Waals surface area contributed by atoms with Gasteiger partial charge in [0.2, 0.25) is 5.91 Å². The largest absolute Gasteiger partial charge is 0.459 e. The van der Waals surface area contributed by atoms with Gasteiger partial charge in [-0.1, -0.05) is 5.21 Å². The zero-order valence-electron chi connectivity index (χ0n) is 17.2. The number of amides is 2. The summed E-state index contributed by atoms with van der Waals surface area (Å²) >= 11 is 0. The summed E-state index contributed by atoms with van der Waals surface area (Å²) < 4.78 is 6.61. The van der Waals surface area contributed by atoms with Gasteiger partial charge in [-0.2, -0.15) is 0 Å². The molecular weight excluding hydrogens is 352 g/mol. The first-order chi connectivity index (χ1) is 12.4. The third kappa shape index (κ3) is 8.16. The standard InChI is InChI=1S/C17H30N6O4/c1-17(2,3)27-15(25)12-22(9-8-20(4)5)16(26)13-10-23(19-18-13)11-14(24)21(6)7/h10H,8-9,11-12H2,1-7H3. The number of ether oxygens (including phenoxy) is 1. The third-order valence-corrected chi connectivity index (χ3v) is 3.40. The molecule has 10 heteroatoms. The van der Waals surface area contributed by atoms with Crippen molar-refractivity contribution in [1.82, 2.24) is 29.7 Å². The smallest absolute Gasteiger partial charge is 0.326 e. The van der Waals surface area contributed by atoms with Crippen molar-refractivity contribution in [2.45, 2.75) is 32.9 Å². The lowest BCUT2D eigenvalue weighted by Crippen LogP contribution is -2.42. The molecule has 0 aromatic carbocycles. The van der Waals surface area contributed by atoms with Crippen LogP contribution >= 0.6 is 0 Å². The van der Waals surface area contributed by atoms with Gasteiger partial charge in [0.25, 0.3) is 5.91 Å². The molecule has 1 rings (SSSR count). The van der Waals surface area contributed by atoms with E-state index >= 15 is 0 Å². The molecule has 0 unspecified atom stereocenters. The molecule has 0 bridgehead atoms. The van der Waals surface area contributed by atoms with E-state index in [4.69, 9.17) is 4.74 Å². The third-order valence-electron chi connectivity index (χ3n) is 3.40. The van der Waals surface area contributed by atoms with Crippen molar-refractivity contribution in [3.05, 3.63) is 11.9 Å². The van der Waals surface area contributed by atoms with E-state index in [1.54, 1.807) is 34.9 Å². The SMILES string of the molecule is CN(C)CCN(CC(=O)OC(C)(C)C)C(=O)c1cn(CC(=O)N(C)C)nn1. The van der Waals surface area contributed by atoms with E-state index in [-0.39, 0.29) is 24.7 Å². The fourth-order valence-corrected chi connectivity index (χ4v) is 2.02. The van der Waals surface area contributed by atoms with Gasteiger partial charge in [0.1, 0.15) is 18.7 Å². The van der Waals surface area contributed by atoms with Crippen LogP contribution in [0, 0.1) is 0 Å². The first-order valence-corrected chi connectivity index (χ1v) is 8.65. The van der Waals surface area contributed by atoms with Crippen LogP contribution in [0.3, 0.4) is 0 Å². The van der Waals surface area contributed by atoms with Crippen molar-refractivity contribution in [1.29, 1.82) is 0 Å². The van der Waals surface area contributed by atoms with Crippen LogP contribution < -0.4 is 0 Å². The lowest BCUT2D eigenvalue weighted by molar-refractivity contribution is -0.155. The van der Waals surface area contributed by atoms with E-state index in [9.17, 15) is 14.4 Å². The van der Waals surface area contributed by atoms with Crippen molar-refractivity contribution in [2.75, 3.05) is 47.8 Å². The maximum atomic E-state index is 12.8. The maximum absolute atomic E-state index is 12.8. The Bertz CT molecular complexity index is 663. The van der Waals surface area contributed by atoms with E-state index in [2.05, 4.69) is 10.3 Å². The molecule has 152 valence electrons. The van der Waals surface area contributed by atoms with E-state index in [1.165, 1.54) is 20.7 Å². The highest BCUT2D eigenvalue weighted by Gasteiger charge is 2.25. The fourth-order valence-electron chi connectivity index (χ4n) is 2.02. The topological polar surface area (TPSA) is 101 Å². The quantitative estimate of drug-likeness (QED) is 0.570. The molecule has 0 saturated heterocycles. The highest BCUT2D eigenvalue weighted by atomic mass is 16.6. The molecule has 0 fully saturated rings. The van der Waals surface area contributed by atoms with Crippen LogP contribution in [0.25, 0.3) is 0 Å². The summed E-state index contributed by atoms with van der Waals surface area (Å²) in [5.74, 6) is -1.10. The van der Waals surface area contributed by atoms with Crippen molar-refractivity contribution < 1.29 is 19.1 Å². The molecule has 0 radical (unpaired) electrons. The number of esters is 1. The van der Waals surface area contributed by atoms with Gasteiger partial charge in [-0.3, -0.25) is 14.4 Å². The predicted molar refractivity (Wildman–Crippen MR) is 99.0 cm³/mol. The number of carbonyl (C=O) groups is 3. The summed E-state index contributed by atoms with van der Waals surface area (Å²) in [5.41, 5.74) is -0.563. The molecule has 1 aromatic heterocycles. The second-order valence-electron chi connectivity index (χ2n) is 7.71. The molecule has 2 amide bonds. The summed E-state index contributed by atoms with van der Waals surface area (Å²) in [5, 5.41) is 7.66. The van der Waals surface area contributed by atoms with Gasteiger partial charge in [-0.15, -0.1) is 5.10 Å². The number of aromatic nitrogens is 3. The summed E-state index contributed by atoms with van der Waals surface area (Å²) in [6, 6.07) is 0. The minimum atomic E-state index is -0.636. The highest BCUT2D eigenvalue weighted by Crippen LogP contribution is 2.09. The molecule has 0 atom stereocenters. The Morgan fingerprint density at radius 3 is 2.26 bits per heavy atom. The molecule has 0 aliphatic rings. The van der Waals surface area contributed by atoms with Crippen LogP contribution in [0.1, 0.15) is 31.3 Å². The number of rotatable bonds is 8. The van der Waals surface area contributed by atoms with E-state index in [1.807, 2.05) is 19.0 Å². The molecule has 1 aromatic rings. The summed E-state index contributed by atoms with van der Waals surface area (Å²) in [4.78, 5) is 41.4. The number of carbonyl (C=O) groups excluding carboxylic acids is 3. The van der Waals surface area contributed by atoms with Gasteiger partial charge >= 0.3 is 5.97 Å². The van der Waals surface area contributed by atoms with Gasteiger partial charge in [-0.25, -0.2) is 4.68 Å². The molecular formula is C17H30N6O4. The average Bonchev–Trinajstić information content (AvgIpc) is 2.97. The molecule has 10 nitrogen and oxygen atoms in total. The van der Waals surface area contributed by atoms with Gasteiger partial charge < -0.3 is 19.4 Å². The zero-order chi connectivity index (χ0) is 20.8. The van der Waals surface area contributed by atoms with E-state index in [0.717, 1.165) is 0 Å². The second-order valence-corrected chi connectivity index (χ2v) is 7.71. The zero-order valence-corrected chi connectivity index (χ0v) is 17.2. The van der Waals surface area contributed by atoms with Crippen molar-refractivity contribution >= 4 is 17.8 Å². The Kier molecular flexibility index (Phi) is 7.89. The Morgan fingerprint density at radius 2 is 1.74 bits per heavy atom. The number of nitrogens with zero attached hydrogens (tertiary/aromatic N) is 6. The average molecular weight is 382 g/mol. The molecule has 0 aliphatic heterocycles. The van der Waals surface area contributed by atoms with Gasteiger partial charge in [0, 0.05) is 27.2 Å². The summed E-state index contributed by atoms with van der Waals surface area (Å²) in [6.07, 6.45) is 1.40. The fraction of sp³-hybridized carbons (Fsp3) is 0.706. The minimum absolute atomic E-state index is 0.0168. The van der Waals surface area contributed by atoms with Crippen LogP contribution in [0.4, 0.5) is 0 Å². The Hall–Kier alpha value is -2.49. The maximum Gasteiger partial charge on any atom is 0.326 e. The van der Waals surface area contributed by atoms with E-state index in [0.29, 0.717) is 13.1 Å². The predicted octanol–water partition coefficient (Wildman–Crippen LogP) is -0.288. The van der Waals surface area contributed by atoms with Gasteiger partial charge in [0.15, 0.2) is 5.69 Å². The van der Waals surface area contributed by atoms with Crippen LogP contribution in [0.15, 0.2) is 6.20 Å². The van der Waals surface area contributed by atoms with Crippen molar-refractivity contribution in [3.63, 3.8) is 0 Å². The van der Waals surface area contributed by atoms with E-state index < -0.39 is 17.5 Å². The Morgan fingerprint density at radius 1 is 1.11 bits per heavy atom. The number of hydrogen-bond acceptors (Lipinski definition) is 7. The first-order valence-electron chi connectivity index (χ1n) is 8.65. The van der Waals surface area contributed by atoms with Crippen molar-refractivity contribution in [3.8, 4) is 0 Å². The second kappa shape index (κ2) is 9.45. The van der Waals surface area contributed by atoms with Crippen molar-refractivity contribution in [2.24, 2.45) is 0 Å². The Balaban J connectivity index is 2.88. The Labute approximate surface area is 160 Å². The minimum Gasteiger partial charge on any atom is -0.459 e. The number of likely N-dealkylation sites (N-methyl/N-ethyl adjacent to an activating group) is 2. The van der Waals surface area contributed by atoms with Crippen LogP contribution in [-0.4, -0.2) is 101 Å². The molecule has 0 saturated carbocycles. The lowest BCUT2D eigenvalue weighted by Gasteiger charge is -2.25. The van der Waals surface area contributed by atoms with Crippen LogP contribution in [0.2, 0.25) is 0 Å². The summed E-state index contributed by atoms with van der Waals surface area (Å²) in [7, 11) is 7.02. The molecule has 0 spiro atoms. The molecule has 27 heavy (non-hydrogen) atoms. The molecule has 0 N–H and O–H groups in total. The summed E-state index contributed by atoms with van der Waals surface area (Å²) in [6.45, 7) is 6.00. The normalized spacial score (nSPS) is 11.4. The first kappa shape index (κ1) is 22.6. The lowest BCUT2D eigenvalue weighted by atomic mass is 10.2. The molecule has 0 aliphatic carbocycles. The van der Waals surface area contributed by atoms with Gasteiger partial charge in [0.05, 0.1) is 6.20 Å². The highest BCUT2D eigenvalue weighted by molar-refractivity contribution is 5.94. The number of hydrogen-bond donors (Lipinski definition) is 0. The van der Waals surface area contributed by atoms with Gasteiger partial charge in [-0.05, 0) is 34.9 Å².